The van der Waals surface area contributed by atoms with E-state index in [1.807, 2.05) is 12.1 Å². The summed E-state index contributed by atoms with van der Waals surface area (Å²) in [6.45, 7) is 4.16. The molecule has 0 heterocycles. The van der Waals surface area contributed by atoms with Crippen molar-refractivity contribution in [2.45, 2.75) is 58.3 Å². The van der Waals surface area contributed by atoms with Gasteiger partial charge in [0.2, 0.25) is 0 Å². The van der Waals surface area contributed by atoms with Crippen LogP contribution in [0.1, 0.15) is 54.4 Å². The molecule has 2 aromatic rings. The second-order valence-electron chi connectivity index (χ2n) is 7.94. The number of unbranched alkanes of at least 4 members (excludes halogenated alkanes) is 2. The topological polar surface area (TPSA) is 12.0 Å². The van der Waals surface area contributed by atoms with Gasteiger partial charge in [-0.25, -0.2) is 8.78 Å². The van der Waals surface area contributed by atoms with Gasteiger partial charge in [0.05, 0.1) is 0 Å². The van der Waals surface area contributed by atoms with Crippen molar-refractivity contribution in [3.05, 3.63) is 70.3 Å². The molecule has 3 heteroatoms. The molecule has 2 aromatic carbocycles. The third-order valence-corrected chi connectivity index (χ3v) is 5.84. The van der Waals surface area contributed by atoms with Crippen molar-refractivity contribution in [3.8, 4) is 0 Å². The minimum Gasteiger partial charge on any atom is -0.317 e. The van der Waals surface area contributed by atoms with Crippen LogP contribution in [0.5, 0.6) is 0 Å². The summed E-state index contributed by atoms with van der Waals surface area (Å²) in [5.74, 6) is 0.473. The van der Waals surface area contributed by atoms with E-state index in [1.165, 1.54) is 48.4 Å². The number of benzene rings is 2. The van der Waals surface area contributed by atoms with Gasteiger partial charge in [-0.2, -0.15) is 0 Å². The summed E-state index contributed by atoms with van der Waals surface area (Å²) < 4.78 is 26.6. The Morgan fingerprint density at radius 1 is 0.926 bits per heavy atom. The highest BCUT2D eigenvalue weighted by Crippen LogP contribution is 2.27. The highest BCUT2D eigenvalue weighted by atomic mass is 19.1. The van der Waals surface area contributed by atoms with E-state index >= 15 is 0 Å². The first-order chi connectivity index (χ1) is 13.1. The van der Waals surface area contributed by atoms with Gasteiger partial charge < -0.3 is 5.32 Å². The second-order valence-corrected chi connectivity index (χ2v) is 7.94. The van der Waals surface area contributed by atoms with E-state index in [4.69, 9.17) is 0 Å². The van der Waals surface area contributed by atoms with Crippen LogP contribution in [0.2, 0.25) is 0 Å². The quantitative estimate of drug-likeness (QED) is 0.552. The van der Waals surface area contributed by atoms with Crippen LogP contribution >= 0.6 is 0 Å². The zero-order chi connectivity index (χ0) is 19.1. The zero-order valence-corrected chi connectivity index (χ0v) is 16.4. The minimum absolute atomic E-state index is 0.110. The van der Waals surface area contributed by atoms with E-state index in [9.17, 15) is 8.78 Å². The summed E-state index contributed by atoms with van der Waals surface area (Å²) in [6, 6.07) is 10.3. The van der Waals surface area contributed by atoms with Crippen LogP contribution in [0, 0.1) is 24.5 Å². The average molecular weight is 372 g/mol. The predicted octanol–water partition coefficient (Wildman–Crippen LogP) is 5.77. The molecule has 0 bridgehead atoms. The Labute approximate surface area is 162 Å². The van der Waals surface area contributed by atoms with E-state index < -0.39 is 0 Å². The smallest absolute Gasteiger partial charge is 0.123 e. The summed E-state index contributed by atoms with van der Waals surface area (Å²) in [7, 11) is 0. The summed E-state index contributed by atoms with van der Waals surface area (Å²) in [6.07, 6.45) is 8.88. The molecule has 1 atom stereocenters. The maximum absolute atomic E-state index is 13.3. The lowest BCUT2D eigenvalue weighted by atomic mass is 9.82. The summed E-state index contributed by atoms with van der Waals surface area (Å²) in [4.78, 5) is 0. The minimum atomic E-state index is -0.132. The molecule has 27 heavy (non-hydrogen) atoms. The van der Waals surface area contributed by atoms with Crippen LogP contribution in [0.4, 0.5) is 8.78 Å². The molecule has 3 rings (SSSR count). The molecule has 1 aliphatic carbocycles. The lowest BCUT2D eigenvalue weighted by Gasteiger charge is -2.24. The summed E-state index contributed by atoms with van der Waals surface area (Å²) in [5.41, 5.74) is 4.86. The van der Waals surface area contributed by atoms with Crippen LogP contribution in [-0.4, -0.2) is 13.1 Å². The van der Waals surface area contributed by atoms with Crippen LogP contribution in [-0.2, 0) is 19.3 Å². The summed E-state index contributed by atoms with van der Waals surface area (Å²) >= 11 is 0. The maximum Gasteiger partial charge on any atom is 0.123 e. The summed E-state index contributed by atoms with van der Waals surface area (Å²) in [5, 5.41) is 3.56. The van der Waals surface area contributed by atoms with Crippen molar-refractivity contribution in [1.29, 1.82) is 0 Å². The Hall–Kier alpha value is -1.74. The number of fused-ring (bicyclic) bond motifs is 1. The number of rotatable bonds is 9. The molecule has 146 valence electrons. The van der Waals surface area contributed by atoms with Gasteiger partial charge >= 0.3 is 0 Å². The molecule has 0 aromatic heterocycles. The first-order valence-electron chi connectivity index (χ1n) is 10.3. The molecule has 1 nitrogen and oxygen atoms in total. The molecule has 0 saturated carbocycles. The largest absolute Gasteiger partial charge is 0.317 e. The fourth-order valence-corrected chi connectivity index (χ4v) is 4.13. The number of hydrogen-bond acceptors (Lipinski definition) is 1. The normalized spacial score (nSPS) is 16.3. The Kier molecular flexibility index (Phi) is 7.40. The van der Waals surface area contributed by atoms with Gasteiger partial charge in [0.25, 0.3) is 0 Å². The van der Waals surface area contributed by atoms with Crippen molar-refractivity contribution in [1.82, 2.24) is 5.32 Å². The highest BCUT2D eigenvalue weighted by molar-refractivity contribution is 5.30. The van der Waals surface area contributed by atoms with Crippen molar-refractivity contribution in [2.24, 2.45) is 5.92 Å². The number of aryl methyl sites for hydroxylation is 3. The number of halogens is 2. The van der Waals surface area contributed by atoms with Gasteiger partial charge in [0, 0.05) is 0 Å². The average Bonchev–Trinajstić information content (AvgIpc) is 2.66. The van der Waals surface area contributed by atoms with Crippen molar-refractivity contribution in [2.75, 3.05) is 13.1 Å². The first-order valence-corrected chi connectivity index (χ1v) is 10.3. The van der Waals surface area contributed by atoms with Crippen LogP contribution < -0.4 is 5.32 Å². The van der Waals surface area contributed by atoms with Crippen molar-refractivity contribution in [3.63, 3.8) is 0 Å². The number of hydrogen-bond donors (Lipinski definition) is 1. The highest BCUT2D eigenvalue weighted by Gasteiger charge is 2.18. The van der Waals surface area contributed by atoms with Crippen LogP contribution in [0.15, 0.2) is 36.4 Å². The zero-order valence-electron chi connectivity index (χ0n) is 16.4. The Balaban J connectivity index is 1.25. The van der Waals surface area contributed by atoms with E-state index in [2.05, 4.69) is 12.2 Å². The van der Waals surface area contributed by atoms with Crippen LogP contribution in [0.3, 0.4) is 0 Å². The SMILES string of the molecule is Cc1ccc(F)cc1CCCCCNCCC1CCc2cc(F)ccc2C1. The molecule has 0 fully saturated rings. The van der Waals surface area contributed by atoms with Gasteiger partial charge in [-0.15, -0.1) is 0 Å². The van der Waals surface area contributed by atoms with E-state index in [0.717, 1.165) is 44.3 Å². The van der Waals surface area contributed by atoms with E-state index in [-0.39, 0.29) is 11.6 Å². The fraction of sp³-hybridized carbons (Fsp3) is 0.500. The molecule has 0 saturated heterocycles. The number of nitrogens with one attached hydrogen (secondary N) is 1. The van der Waals surface area contributed by atoms with Crippen molar-refractivity contribution < 1.29 is 8.78 Å². The maximum atomic E-state index is 13.3. The van der Waals surface area contributed by atoms with Gasteiger partial charge in [0.1, 0.15) is 11.6 Å². The predicted molar refractivity (Wildman–Crippen MR) is 108 cm³/mol. The van der Waals surface area contributed by atoms with E-state index in [1.54, 1.807) is 18.2 Å². The first kappa shape index (κ1) is 20.0. The third-order valence-electron chi connectivity index (χ3n) is 5.84. The van der Waals surface area contributed by atoms with Crippen LogP contribution in [0.25, 0.3) is 0 Å². The van der Waals surface area contributed by atoms with Gasteiger partial charge in [0.15, 0.2) is 0 Å². The fourth-order valence-electron chi connectivity index (χ4n) is 4.13. The molecular weight excluding hydrogens is 340 g/mol. The molecule has 0 radical (unpaired) electrons. The molecule has 0 amide bonds. The lowest BCUT2D eigenvalue weighted by Crippen LogP contribution is -2.22. The second kappa shape index (κ2) is 9.98. The van der Waals surface area contributed by atoms with Gasteiger partial charge in [-0.05, 0) is 117 Å². The molecular formula is C24H31F2N. The van der Waals surface area contributed by atoms with E-state index in [0.29, 0.717) is 5.92 Å². The van der Waals surface area contributed by atoms with Crippen molar-refractivity contribution >= 4 is 0 Å². The third kappa shape index (κ3) is 6.14. The lowest BCUT2D eigenvalue weighted by molar-refractivity contribution is 0.411. The Morgan fingerprint density at radius 2 is 1.74 bits per heavy atom. The molecule has 1 unspecified atom stereocenters. The van der Waals surface area contributed by atoms with Gasteiger partial charge in [-0.1, -0.05) is 18.6 Å². The Bertz CT molecular complexity index is 741. The molecule has 1 aliphatic rings. The monoisotopic (exact) mass is 371 g/mol. The standard InChI is InChI=1S/C24H31F2N/c1-18-6-10-23(25)16-20(18)5-3-2-4-13-27-14-12-19-7-8-22-17-24(26)11-9-21(22)15-19/h6,9-11,16-17,19,27H,2-5,7-8,12-15H2,1H3. The molecule has 0 aliphatic heterocycles. The Morgan fingerprint density at radius 3 is 2.63 bits per heavy atom. The van der Waals surface area contributed by atoms with Gasteiger partial charge in [-0.3, -0.25) is 0 Å². The molecule has 0 spiro atoms. The molecule has 1 N–H and O–H groups in total.